The highest BCUT2D eigenvalue weighted by molar-refractivity contribution is 5.75. The van der Waals surface area contributed by atoms with E-state index < -0.39 is 0 Å². The van der Waals surface area contributed by atoms with Gasteiger partial charge in [-0.05, 0) is 66.4 Å². The van der Waals surface area contributed by atoms with Crippen molar-refractivity contribution in [3.8, 4) is 11.3 Å². The largest absolute Gasteiger partial charge is 0.264 e. The molecule has 0 radical (unpaired) electrons. The third kappa shape index (κ3) is 3.94. The van der Waals surface area contributed by atoms with E-state index in [4.69, 9.17) is 0 Å². The van der Waals surface area contributed by atoms with Gasteiger partial charge in [0, 0.05) is 29.7 Å². The Labute approximate surface area is 158 Å². The van der Waals surface area contributed by atoms with Gasteiger partial charge >= 0.3 is 0 Å². The molecule has 3 aromatic rings. The molecular weight excluding hydrogens is 336 g/mol. The number of aryl methyl sites for hydroxylation is 2. The lowest BCUT2D eigenvalue weighted by molar-refractivity contribution is 0.552. The molecule has 0 saturated carbocycles. The normalized spacial score (nSPS) is 14.9. The van der Waals surface area contributed by atoms with Crippen LogP contribution in [0.4, 0.5) is 0 Å². The monoisotopic (exact) mass is 358 g/mol. The number of rotatable bonds is 4. The average molecular weight is 358 g/mol. The molecule has 2 aromatic heterocycles. The zero-order valence-corrected chi connectivity index (χ0v) is 15.3. The molecule has 0 atom stereocenters. The van der Waals surface area contributed by atoms with Gasteiger partial charge in [-0.3, -0.25) is 9.97 Å². The highest BCUT2D eigenvalue weighted by Gasteiger charge is 2.14. The van der Waals surface area contributed by atoms with E-state index in [0.717, 1.165) is 22.4 Å². The zero-order valence-electron chi connectivity index (χ0n) is 15.3. The summed E-state index contributed by atoms with van der Waals surface area (Å²) in [4.78, 5) is 8.80. The van der Waals surface area contributed by atoms with Crippen LogP contribution in [0.25, 0.3) is 23.4 Å². The molecule has 3 heterocycles. The van der Waals surface area contributed by atoms with Crippen LogP contribution in [0, 0.1) is 13.8 Å². The summed E-state index contributed by atoms with van der Waals surface area (Å²) in [6, 6.07) is 12.5. The van der Waals surface area contributed by atoms with Crippen molar-refractivity contribution in [3.05, 3.63) is 82.8 Å². The van der Waals surface area contributed by atoms with Crippen LogP contribution in [0.15, 0.2) is 55.0 Å². The molecule has 1 aliphatic rings. The average Bonchev–Trinajstić information content (AvgIpc) is 3.23. The van der Waals surface area contributed by atoms with E-state index in [9.17, 15) is 0 Å². The summed E-state index contributed by atoms with van der Waals surface area (Å²) in [6.45, 7) is 4.27. The predicted octanol–water partition coefficient (Wildman–Crippen LogP) is 3.05. The predicted molar refractivity (Wildman–Crippen MR) is 108 cm³/mol. The van der Waals surface area contributed by atoms with Crippen molar-refractivity contribution in [2.75, 3.05) is 0 Å². The third-order valence-electron chi connectivity index (χ3n) is 4.61. The summed E-state index contributed by atoms with van der Waals surface area (Å²) in [5, 5.41) is 0. The fourth-order valence-electron chi connectivity index (χ4n) is 3.24. The second-order valence-corrected chi connectivity index (χ2v) is 6.60. The highest BCUT2D eigenvalue weighted by Crippen LogP contribution is 2.25. The van der Waals surface area contributed by atoms with Gasteiger partial charge in [0.1, 0.15) is 6.17 Å². The summed E-state index contributed by atoms with van der Waals surface area (Å²) >= 11 is 0. The molecule has 1 aromatic carbocycles. The number of hydrogen-bond donors (Lipinski definition) is 4. The minimum absolute atomic E-state index is 0.0213. The molecule has 1 fully saturated rings. The number of hydrazine groups is 3. The van der Waals surface area contributed by atoms with Crippen LogP contribution in [0.2, 0.25) is 0 Å². The minimum Gasteiger partial charge on any atom is -0.264 e. The molecular formula is C21H22N6. The topological polar surface area (TPSA) is 73.9 Å². The Hall–Kier alpha value is -2.90. The van der Waals surface area contributed by atoms with Crippen LogP contribution in [0.3, 0.4) is 0 Å². The standard InChI is InChI=1S/C21H22N6/c1-14-9-17(20-5-3-4-8-23-20)10-15(2)19(14)7-6-16-11-18(13-22-12-16)21-24-26-27-25-21/h3-13,21,24-27H,1-2H3/b7-6+. The van der Waals surface area contributed by atoms with Crippen LogP contribution in [-0.2, 0) is 0 Å². The molecule has 1 aliphatic heterocycles. The molecule has 4 rings (SSSR count). The molecule has 6 nitrogen and oxygen atoms in total. The number of pyridine rings is 2. The first-order valence-electron chi connectivity index (χ1n) is 8.87. The number of benzene rings is 1. The number of hydrogen-bond acceptors (Lipinski definition) is 6. The number of nitrogens with zero attached hydrogens (tertiary/aromatic N) is 2. The second-order valence-electron chi connectivity index (χ2n) is 6.60. The fourth-order valence-corrected chi connectivity index (χ4v) is 3.24. The molecule has 0 spiro atoms. The first-order chi connectivity index (χ1) is 13.2. The summed E-state index contributed by atoms with van der Waals surface area (Å²) < 4.78 is 0. The summed E-state index contributed by atoms with van der Waals surface area (Å²) in [7, 11) is 0. The first-order valence-corrected chi connectivity index (χ1v) is 8.87. The summed E-state index contributed by atoms with van der Waals surface area (Å²) in [6.07, 6.45) is 9.76. The summed E-state index contributed by atoms with van der Waals surface area (Å²) in [5.74, 6) is 0. The van der Waals surface area contributed by atoms with E-state index in [-0.39, 0.29) is 6.17 Å². The smallest absolute Gasteiger partial charge is 0.113 e. The van der Waals surface area contributed by atoms with Crippen molar-refractivity contribution in [2.24, 2.45) is 0 Å². The molecule has 0 amide bonds. The van der Waals surface area contributed by atoms with Crippen molar-refractivity contribution >= 4 is 12.2 Å². The van der Waals surface area contributed by atoms with E-state index in [1.165, 1.54) is 16.7 Å². The van der Waals surface area contributed by atoms with Gasteiger partial charge in [-0.2, -0.15) is 11.1 Å². The van der Waals surface area contributed by atoms with Crippen LogP contribution in [-0.4, -0.2) is 9.97 Å². The Morgan fingerprint density at radius 3 is 2.41 bits per heavy atom. The van der Waals surface area contributed by atoms with Gasteiger partial charge in [0.05, 0.1) is 5.69 Å². The Morgan fingerprint density at radius 2 is 1.70 bits per heavy atom. The second kappa shape index (κ2) is 7.77. The lowest BCUT2D eigenvalue weighted by atomic mass is 9.97. The zero-order chi connectivity index (χ0) is 18.6. The highest BCUT2D eigenvalue weighted by atomic mass is 15.8. The molecule has 0 unspecified atom stereocenters. The van der Waals surface area contributed by atoms with Gasteiger partial charge in [0.25, 0.3) is 0 Å². The van der Waals surface area contributed by atoms with E-state index in [0.29, 0.717) is 0 Å². The van der Waals surface area contributed by atoms with Crippen molar-refractivity contribution in [1.29, 1.82) is 0 Å². The van der Waals surface area contributed by atoms with E-state index in [2.05, 4.69) is 76.1 Å². The molecule has 136 valence electrons. The maximum Gasteiger partial charge on any atom is 0.113 e. The number of nitrogens with one attached hydrogen (secondary N) is 4. The van der Waals surface area contributed by atoms with E-state index >= 15 is 0 Å². The van der Waals surface area contributed by atoms with E-state index in [1.54, 1.807) is 0 Å². The van der Waals surface area contributed by atoms with Gasteiger partial charge < -0.3 is 0 Å². The lowest BCUT2D eigenvalue weighted by Gasteiger charge is -2.10. The van der Waals surface area contributed by atoms with Crippen LogP contribution in [0.5, 0.6) is 0 Å². The maximum absolute atomic E-state index is 4.45. The van der Waals surface area contributed by atoms with Crippen LogP contribution in [0.1, 0.15) is 34.0 Å². The molecule has 0 aliphatic carbocycles. The Morgan fingerprint density at radius 1 is 0.926 bits per heavy atom. The Balaban J connectivity index is 1.60. The molecule has 0 bridgehead atoms. The van der Waals surface area contributed by atoms with E-state index in [1.807, 2.05) is 36.8 Å². The maximum atomic E-state index is 4.45. The lowest BCUT2D eigenvalue weighted by Crippen LogP contribution is -2.33. The fraction of sp³-hybridized carbons (Fsp3) is 0.143. The van der Waals surface area contributed by atoms with Gasteiger partial charge in [-0.1, -0.05) is 18.2 Å². The van der Waals surface area contributed by atoms with Gasteiger partial charge in [-0.25, -0.2) is 10.9 Å². The van der Waals surface area contributed by atoms with Gasteiger partial charge in [0.2, 0.25) is 0 Å². The SMILES string of the molecule is Cc1cc(-c2ccccn2)cc(C)c1/C=C/c1cncc(C2NNNN2)c1. The minimum atomic E-state index is -0.0213. The number of aromatic nitrogens is 2. The van der Waals surface area contributed by atoms with Crippen LogP contribution < -0.4 is 21.9 Å². The van der Waals surface area contributed by atoms with Crippen molar-refractivity contribution in [2.45, 2.75) is 20.0 Å². The summed E-state index contributed by atoms with van der Waals surface area (Å²) in [5.41, 5.74) is 19.7. The first kappa shape index (κ1) is 17.5. The third-order valence-corrected chi connectivity index (χ3v) is 4.61. The van der Waals surface area contributed by atoms with Gasteiger partial charge in [-0.15, -0.1) is 0 Å². The van der Waals surface area contributed by atoms with Crippen molar-refractivity contribution < 1.29 is 0 Å². The molecule has 1 saturated heterocycles. The molecule has 6 heteroatoms. The van der Waals surface area contributed by atoms with Gasteiger partial charge in [0.15, 0.2) is 0 Å². The molecule has 27 heavy (non-hydrogen) atoms. The Kier molecular flexibility index (Phi) is 5.04. The van der Waals surface area contributed by atoms with Crippen LogP contribution >= 0.6 is 0 Å². The quantitative estimate of drug-likeness (QED) is 0.575. The Bertz CT molecular complexity index is 938. The molecule has 4 N–H and O–H groups in total. The van der Waals surface area contributed by atoms with Crippen molar-refractivity contribution in [1.82, 2.24) is 31.9 Å². The van der Waals surface area contributed by atoms with Crippen molar-refractivity contribution in [3.63, 3.8) is 0 Å².